The predicted molar refractivity (Wildman–Crippen MR) is 93.9 cm³/mol. The summed E-state index contributed by atoms with van der Waals surface area (Å²) >= 11 is 0. The molecule has 4 rings (SSSR count). The van der Waals surface area contributed by atoms with Gasteiger partial charge in [0.2, 0.25) is 5.91 Å². The van der Waals surface area contributed by atoms with Crippen molar-refractivity contribution in [3.05, 3.63) is 41.2 Å². The number of fused-ring (bicyclic) bond motifs is 1. The molecule has 0 saturated carbocycles. The zero-order chi connectivity index (χ0) is 17.3. The molecular weight excluding hydrogens is 316 g/mol. The van der Waals surface area contributed by atoms with Gasteiger partial charge in [-0.1, -0.05) is 12.1 Å². The number of aromatic nitrogens is 1. The lowest BCUT2D eigenvalue weighted by atomic mass is 9.82. The summed E-state index contributed by atoms with van der Waals surface area (Å²) in [5.41, 5.74) is 2.90. The number of carbonyl (C=O) groups excluding carboxylic acids is 1. The van der Waals surface area contributed by atoms with Crippen molar-refractivity contribution in [2.45, 2.75) is 32.8 Å². The third-order valence-corrected chi connectivity index (χ3v) is 5.71. The van der Waals surface area contributed by atoms with Gasteiger partial charge in [-0.05, 0) is 38.3 Å². The smallest absolute Gasteiger partial charge is 0.249 e. The number of nitrogens with zero attached hydrogens (tertiary/aromatic N) is 2. The second kappa shape index (κ2) is 6.89. The third-order valence-electron chi connectivity index (χ3n) is 5.71. The van der Waals surface area contributed by atoms with Gasteiger partial charge in [0.05, 0.1) is 32.1 Å². The molecular formula is C20H26N2O3. The van der Waals surface area contributed by atoms with Gasteiger partial charge in [0.1, 0.15) is 0 Å². The molecule has 0 N–H and O–H groups in total. The second-order valence-electron chi connectivity index (χ2n) is 7.64. The lowest BCUT2D eigenvalue weighted by molar-refractivity contribution is -0.127. The maximum atomic E-state index is 12.7. The molecule has 0 spiro atoms. The normalized spacial score (nSPS) is 28.3. The Morgan fingerprint density at radius 3 is 3.20 bits per heavy atom. The van der Waals surface area contributed by atoms with Gasteiger partial charge in [-0.25, -0.2) is 0 Å². The molecule has 1 aliphatic carbocycles. The second-order valence-corrected chi connectivity index (χ2v) is 7.64. The van der Waals surface area contributed by atoms with Crippen molar-refractivity contribution >= 4 is 5.91 Å². The van der Waals surface area contributed by atoms with E-state index < -0.39 is 0 Å². The first kappa shape index (κ1) is 16.7. The van der Waals surface area contributed by atoms with Crippen molar-refractivity contribution in [2.75, 3.05) is 32.9 Å². The van der Waals surface area contributed by atoms with Crippen LogP contribution in [0.4, 0.5) is 0 Å². The molecule has 2 atom stereocenters. The van der Waals surface area contributed by atoms with E-state index in [9.17, 15) is 4.79 Å². The fraction of sp³-hybridized carbons (Fsp3) is 0.600. The molecule has 5 heteroatoms. The number of amides is 1. The van der Waals surface area contributed by atoms with Crippen molar-refractivity contribution in [1.82, 2.24) is 9.88 Å². The highest BCUT2D eigenvalue weighted by Crippen LogP contribution is 2.42. The van der Waals surface area contributed by atoms with E-state index >= 15 is 0 Å². The van der Waals surface area contributed by atoms with E-state index in [1.807, 2.05) is 30.0 Å². The van der Waals surface area contributed by atoms with Crippen molar-refractivity contribution < 1.29 is 14.3 Å². The molecule has 1 aromatic heterocycles. The highest BCUT2D eigenvalue weighted by molar-refractivity contribution is 5.94. The Kier molecular flexibility index (Phi) is 4.61. The van der Waals surface area contributed by atoms with Gasteiger partial charge in [-0.3, -0.25) is 9.78 Å². The fourth-order valence-corrected chi connectivity index (χ4v) is 4.30. The van der Waals surface area contributed by atoms with Gasteiger partial charge in [0, 0.05) is 35.7 Å². The SMILES string of the molecule is Cc1cccc(COC[C@]23COC[C@H]2CN(C(=O)C2=CCCC2)C3)n1. The number of pyridine rings is 1. The fourth-order valence-electron chi connectivity index (χ4n) is 4.30. The summed E-state index contributed by atoms with van der Waals surface area (Å²) in [6, 6.07) is 5.98. The number of carbonyl (C=O) groups is 1. The first-order valence-electron chi connectivity index (χ1n) is 9.23. The first-order chi connectivity index (χ1) is 12.2. The van der Waals surface area contributed by atoms with E-state index in [0.717, 1.165) is 55.9 Å². The van der Waals surface area contributed by atoms with Crippen LogP contribution in [0, 0.1) is 18.3 Å². The minimum absolute atomic E-state index is 0.0569. The maximum Gasteiger partial charge on any atom is 0.249 e. The Balaban J connectivity index is 1.38. The molecule has 3 aliphatic rings. The summed E-state index contributed by atoms with van der Waals surface area (Å²) in [4.78, 5) is 19.2. The Bertz CT molecular complexity index is 687. The zero-order valence-corrected chi connectivity index (χ0v) is 14.9. The van der Waals surface area contributed by atoms with E-state index in [1.165, 1.54) is 0 Å². The van der Waals surface area contributed by atoms with Crippen LogP contribution in [0.25, 0.3) is 0 Å². The summed E-state index contributed by atoms with van der Waals surface area (Å²) < 4.78 is 11.8. The monoisotopic (exact) mass is 342 g/mol. The number of likely N-dealkylation sites (tertiary alicyclic amines) is 1. The molecule has 2 aliphatic heterocycles. The van der Waals surface area contributed by atoms with Crippen LogP contribution in [0.1, 0.15) is 30.7 Å². The molecule has 5 nitrogen and oxygen atoms in total. The average molecular weight is 342 g/mol. The van der Waals surface area contributed by atoms with Crippen molar-refractivity contribution in [3.8, 4) is 0 Å². The van der Waals surface area contributed by atoms with Crippen molar-refractivity contribution in [1.29, 1.82) is 0 Å². The highest BCUT2D eigenvalue weighted by atomic mass is 16.5. The largest absolute Gasteiger partial charge is 0.380 e. The standard InChI is InChI=1S/C20H26N2O3/c1-15-5-4-8-18(21-15)11-25-14-20-12-22(9-17(20)10-24-13-20)19(23)16-6-2-3-7-16/h4-6,8,17H,2-3,7,9-14H2,1H3/t17-,20+/m1/s1. The zero-order valence-electron chi connectivity index (χ0n) is 14.9. The van der Waals surface area contributed by atoms with Crippen LogP contribution in [0.5, 0.6) is 0 Å². The number of aryl methyl sites for hydroxylation is 1. The topological polar surface area (TPSA) is 51.7 Å². The Hall–Kier alpha value is -1.72. The van der Waals surface area contributed by atoms with Gasteiger partial charge < -0.3 is 14.4 Å². The minimum Gasteiger partial charge on any atom is -0.380 e. The summed E-state index contributed by atoms with van der Waals surface area (Å²) in [6.07, 6.45) is 5.19. The van der Waals surface area contributed by atoms with E-state index in [2.05, 4.69) is 11.1 Å². The van der Waals surface area contributed by atoms with Crippen LogP contribution in [0.2, 0.25) is 0 Å². The summed E-state index contributed by atoms with van der Waals surface area (Å²) in [5, 5.41) is 0. The summed E-state index contributed by atoms with van der Waals surface area (Å²) in [6.45, 7) is 6.07. The minimum atomic E-state index is -0.0569. The van der Waals surface area contributed by atoms with E-state index in [0.29, 0.717) is 25.7 Å². The van der Waals surface area contributed by atoms with E-state index in [-0.39, 0.29) is 11.3 Å². The maximum absolute atomic E-state index is 12.7. The molecule has 2 saturated heterocycles. The highest BCUT2D eigenvalue weighted by Gasteiger charge is 2.52. The Morgan fingerprint density at radius 2 is 2.40 bits per heavy atom. The molecule has 25 heavy (non-hydrogen) atoms. The number of ether oxygens (including phenoxy) is 2. The first-order valence-corrected chi connectivity index (χ1v) is 9.23. The molecule has 2 fully saturated rings. The van der Waals surface area contributed by atoms with Gasteiger partial charge in [-0.2, -0.15) is 0 Å². The number of rotatable bonds is 5. The summed E-state index contributed by atoms with van der Waals surface area (Å²) in [7, 11) is 0. The van der Waals surface area contributed by atoms with Crippen LogP contribution in [-0.2, 0) is 20.9 Å². The molecule has 0 aromatic carbocycles. The number of hydrogen-bond acceptors (Lipinski definition) is 4. The van der Waals surface area contributed by atoms with Gasteiger partial charge >= 0.3 is 0 Å². The van der Waals surface area contributed by atoms with Crippen molar-refractivity contribution in [3.63, 3.8) is 0 Å². The van der Waals surface area contributed by atoms with Crippen LogP contribution < -0.4 is 0 Å². The van der Waals surface area contributed by atoms with E-state index in [4.69, 9.17) is 9.47 Å². The van der Waals surface area contributed by atoms with E-state index in [1.54, 1.807) is 0 Å². The molecule has 0 bridgehead atoms. The van der Waals surface area contributed by atoms with Gasteiger partial charge in [0.25, 0.3) is 0 Å². The Morgan fingerprint density at radius 1 is 1.48 bits per heavy atom. The van der Waals surface area contributed by atoms with Crippen LogP contribution in [0.3, 0.4) is 0 Å². The molecule has 1 aromatic rings. The van der Waals surface area contributed by atoms with Crippen LogP contribution in [0.15, 0.2) is 29.8 Å². The molecule has 0 radical (unpaired) electrons. The number of hydrogen-bond donors (Lipinski definition) is 0. The average Bonchev–Trinajstić information content (AvgIpc) is 3.30. The summed E-state index contributed by atoms with van der Waals surface area (Å²) in [5.74, 6) is 0.607. The van der Waals surface area contributed by atoms with Gasteiger partial charge in [-0.15, -0.1) is 0 Å². The van der Waals surface area contributed by atoms with Crippen LogP contribution in [-0.4, -0.2) is 48.7 Å². The lowest BCUT2D eigenvalue weighted by Gasteiger charge is -2.27. The predicted octanol–water partition coefficient (Wildman–Crippen LogP) is 2.49. The molecule has 134 valence electrons. The Labute approximate surface area is 149 Å². The molecule has 3 heterocycles. The van der Waals surface area contributed by atoms with Crippen molar-refractivity contribution in [2.24, 2.45) is 11.3 Å². The molecule has 0 unspecified atom stereocenters. The van der Waals surface area contributed by atoms with Gasteiger partial charge in [0.15, 0.2) is 0 Å². The quantitative estimate of drug-likeness (QED) is 0.825. The van der Waals surface area contributed by atoms with Crippen LogP contribution >= 0.6 is 0 Å². The lowest BCUT2D eigenvalue weighted by Crippen LogP contribution is -2.37. The third kappa shape index (κ3) is 3.35. The number of allylic oxidation sites excluding steroid dienone is 1. The molecule has 1 amide bonds.